The Morgan fingerprint density at radius 1 is 1.30 bits per heavy atom. The molecular formula is C15H14F3N3OS. The van der Waals surface area contributed by atoms with Gasteiger partial charge in [0.1, 0.15) is 5.82 Å². The minimum atomic E-state index is -1.18. The number of aromatic nitrogens is 2. The molecule has 1 aliphatic heterocycles. The molecule has 1 aromatic carbocycles. The zero-order chi connectivity index (χ0) is 16.6. The van der Waals surface area contributed by atoms with E-state index >= 15 is 0 Å². The van der Waals surface area contributed by atoms with Crippen molar-refractivity contribution in [3.8, 4) is 0 Å². The van der Waals surface area contributed by atoms with Crippen LogP contribution in [-0.2, 0) is 19.5 Å². The summed E-state index contributed by atoms with van der Waals surface area (Å²) in [6.45, 7) is 0.618. The van der Waals surface area contributed by atoms with E-state index in [0.717, 1.165) is 12.1 Å². The van der Waals surface area contributed by atoms with Gasteiger partial charge in [-0.1, -0.05) is 11.8 Å². The maximum atomic E-state index is 13.8. The topological polar surface area (TPSA) is 49.0 Å². The molecule has 2 heterocycles. The Kier molecular flexibility index (Phi) is 4.45. The van der Waals surface area contributed by atoms with E-state index in [1.165, 1.54) is 11.8 Å². The summed E-state index contributed by atoms with van der Waals surface area (Å²) < 4.78 is 40.8. The number of nitrogens with zero attached hydrogens (tertiary/aromatic N) is 2. The van der Waals surface area contributed by atoms with E-state index in [9.17, 15) is 18.0 Å². The molecule has 0 saturated carbocycles. The summed E-state index contributed by atoms with van der Waals surface area (Å²) >= 11 is 1.34. The Balaban J connectivity index is 1.86. The normalized spacial score (nSPS) is 14.8. The molecule has 23 heavy (non-hydrogen) atoms. The molecule has 1 aliphatic rings. The minimum Gasteiger partial charge on any atom is -0.301 e. The molecule has 3 rings (SSSR count). The van der Waals surface area contributed by atoms with Gasteiger partial charge in [-0.25, -0.2) is 18.2 Å². The molecule has 0 saturated heterocycles. The van der Waals surface area contributed by atoms with Crippen LogP contribution < -0.4 is 5.56 Å². The zero-order valence-electron chi connectivity index (χ0n) is 12.3. The average molecular weight is 341 g/mol. The predicted octanol–water partition coefficient (Wildman–Crippen LogP) is 2.47. The second kappa shape index (κ2) is 6.37. The fraction of sp³-hybridized carbons (Fsp3) is 0.333. The van der Waals surface area contributed by atoms with Gasteiger partial charge in [-0.3, -0.25) is 9.69 Å². The van der Waals surface area contributed by atoms with Gasteiger partial charge in [-0.05, 0) is 18.4 Å². The molecule has 8 heteroatoms. The van der Waals surface area contributed by atoms with Crippen LogP contribution in [0.25, 0.3) is 0 Å². The lowest BCUT2D eigenvalue weighted by atomic mass is 10.1. The second-order valence-electron chi connectivity index (χ2n) is 5.28. The third-order valence-electron chi connectivity index (χ3n) is 3.84. The van der Waals surface area contributed by atoms with Crippen LogP contribution in [0.3, 0.4) is 0 Å². The van der Waals surface area contributed by atoms with E-state index in [4.69, 9.17) is 0 Å². The summed E-state index contributed by atoms with van der Waals surface area (Å²) in [4.78, 5) is 20.8. The molecule has 0 atom stereocenters. The number of fused-ring (bicyclic) bond motifs is 1. The summed E-state index contributed by atoms with van der Waals surface area (Å²) in [5.41, 5.74) is 0.628. The first-order chi connectivity index (χ1) is 11.0. The van der Waals surface area contributed by atoms with Crippen molar-refractivity contribution in [3.05, 3.63) is 56.8 Å². The zero-order valence-corrected chi connectivity index (χ0v) is 13.1. The Morgan fingerprint density at radius 2 is 2.04 bits per heavy atom. The van der Waals surface area contributed by atoms with Crippen molar-refractivity contribution >= 4 is 11.8 Å². The van der Waals surface area contributed by atoms with Crippen molar-refractivity contribution in [1.82, 2.24) is 14.9 Å². The number of thioether (sulfide) groups is 1. The fourth-order valence-corrected chi connectivity index (χ4v) is 3.02. The van der Waals surface area contributed by atoms with Crippen molar-refractivity contribution in [2.75, 3.05) is 12.8 Å². The minimum absolute atomic E-state index is 0.0986. The Morgan fingerprint density at radius 3 is 2.78 bits per heavy atom. The molecule has 2 aromatic rings. The third kappa shape index (κ3) is 3.13. The standard InChI is InChI=1S/C15H14F3N3OS/c1-23-15-19-12-4-5-21(7-9(12)14(22)20-15)6-8-10(16)2-3-11(17)13(8)18/h2-3H,4-7H2,1H3,(H,19,20,22). The van der Waals surface area contributed by atoms with Crippen molar-refractivity contribution in [2.45, 2.75) is 24.7 Å². The van der Waals surface area contributed by atoms with Gasteiger partial charge in [-0.2, -0.15) is 0 Å². The lowest BCUT2D eigenvalue weighted by Gasteiger charge is -2.27. The number of rotatable bonds is 3. The van der Waals surface area contributed by atoms with Gasteiger partial charge in [0.15, 0.2) is 16.8 Å². The average Bonchev–Trinajstić information content (AvgIpc) is 2.55. The Hall–Kier alpha value is -1.80. The van der Waals surface area contributed by atoms with E-state index in [2.05, 4.69) is 9.97 Å². The fourth-order valence-electron chi connectivity index (χ4n) is 2.63. The smallest absolute Gasteiger partial charge is 0.256 e. The number of hydrogen-bond acceptors (Lipinski definition) is 4. The SMILES string of the molecule is CSc1nc2c(c(=O)[nH]1)CN(Cc1c(F)ccc(F)c1F)CC2. The maximum Gasteiger partial charge on any atom is 0.256 e. The van der Waals surface area contributed by atoms with Gasteiger partial charge >= 0.3 is 0 Å². The molecule has 122 valence electrons. The van der Waals surface area contributed by atoms with Crippen molar-refractivity contribution < 1.29 is 13.2 Å². The first kappa shape index (κ1) is 16.1. The largest absolute Gasteiger partial charge is 0.301 e. The highest BCUT2D eigenvalue weighted by molar-refractivity contribution is 7.98. The lowest BCUT2D eigenvalue weighted by molar-refractivity contribution is 0.233. The van der Waals surface area contributed by atoms with E-state index in [-0.39, 0.29) is 24.2 Å². The number of H-pyrrole nitrogens is 1. The molecule has 0 amide bonds. The van der Waals surface area contributed by atoms with E-state index < -0.39 is 17.5 Å². The first-order valence-electron chi connectivity index (χ1n) is 7.00. The van der Waals surface area contributed by atoms with Gasteiger partial charge in [0, 0.05) is 31.6 Å². The molecule has 1 aromatic heterocycles. The Bertz CT molecular complexity index is 809. The lowest BCUT2D eigenvalue weighted by Crippen LogP contribution is -2.35. The summed E-state index contributed by atoms with van der Waals surface area (Å²) in [5, 5.41) is 0.546. The molecule has 0 unspecified atom stereocenters. The van der Waals surface area contributed by atoms with Gasteiger partial charge in [0.25, 0.3) is 5.56 Å². The van der Waals surface area contributed by atoms with E-state index in [0.29, 0.717) is 29.4 Å². The number of halogens is 3. The van der Waals surface area contributed by atoms with Crippen LogP contribution in [0.2, 0.25) is 0 Å². The van der Waals surface area contributed by atoms with Crippen LogP contribution in [0, 0.1) is 17.5 Å². The molecule has 0 fully saturated rings. The van der Waals surface area contributed by atoms with Gasteiger partial charge in [0.2, 0.25) is 0 Å². The number of aromatic amines is 1. The van der Waals surface area contributed by atoms with Gasteiger partial charge in [0.05, 0.1) is 11.3 Å². The monoisotopic (exact) mass is 341 g/mol. The van der Waals surface area contributed by atoms with E-state index in [1.807, 2.05) is 6.26 Å². The quantitative estimate of drug-likeness (QED) is 0.529. The summed E-state index contributed by atoms with van der Waals surface area (Å²) in [5.74, 6) is -3.05. The van der Waals surface area contributed by atoms with Crippen LogP contribution >= 0.6 is 11.8 Å². The molecular weight excluding hydrogens is 327 g/mol. The highest BCUT2D eigenvalue weighted by Crippen LogP contribution is 2.22. The number of nitrogens with one attached hydrogen (secondary N) is 1. The molecule has 0 radical (unpaired) electrons. The number of hydrogen-bond donors (Lipinski definition) is 1. The summed E-state index contributed by atoms with van der Waals surface area (Å²) in [6, 6.07) is 1.67. The molecule has 0 spiro atoms. The van der Waals surface area contributed by atoms with Crippen molar-refractivity contribution in [3.63, 3.8) is 0 Å². The Labute approximate surface area is 134 Å². The molecule has 0 bridgehead atoms. The molecule has 1 N–H and O–H groups in total. The van der Waals surface area contributed by atoms with Crippen molar-refractivity contribution in [1.29, 1.82) is 0 Å². The van der Waals surface area contributed by atoms with Gasteiger partial charge in [-0.15, -0.1) is 0 Å². The highest BCUT2D eigenvalue weighted by atomic mass is 32.2. The highest BCUT2D eigenvalue weighted by Gasteiger charge is 2.24. The number of benzene rings is 1. The summed E-state index contributed by atoms with van der Waals surface area (Å²) in [6.07, 6.45) is 2.32. The van der Waals surface area contributed by atoms with Crippen LogP contribution in [0.15, 0.2) is 22.1 Å². The van der Waals surface area contributed by atoms with Gasteiger partial charge < -0.3 is 4.98 Å². The van der Waals surface area contributed by atoms with Crippen LogP contribution in [0.1, 0.15) is 16.8 Å². The van der Waals surface area contributed by atoms with Crippen molar-refractivity contribution in [2.24, 2.45) is 0 Å². The maximum absolute atomic E-state index is 13.8. The van der Waals surface area contributed by atoms with Crippen LogP contribution in [0.5, 0.6) is 0 Å². The van der Waals surface area contributed by atoms with Crippen LogP contribution in [-0.4, -0.2) is 27.7 Å². The first-order valence-corrected chi connectivity index (χ1v) is 8.23. The summed E-state index contributed by atoms with van der Waals surface area (Å²) in [7, 11) is 0. The predicted molar refractivity (Wildman–Crippen MR) is 80.8 cm³/mol. The molecule has 4 nitrogen and oxygen atoms in total. The molecule has 0 aliphatic carbocycles. The van der Waals surface area contributed by atoms with E-state index in [1.54, 1.807) is 4.90 Å². The second-order valence-corrected chi connectivity index (χ2v) is 6.08. The third-order valence-corrected chi connectivity index (χ3v) is 4.42. The van der Waals surface area contributed by atoms with Crippen LogP contribution in [0.4, 0.5) is 13.2 Å².